The average molecular weight is 161 g/mol. The van der Waals surface area contributed by atoms with Crippen LogP contribution in [0.1, 0.15) is 11.9 Å². The fraction of sp³-hybridized carbons (Fsp3) is 0.167. The summed E-state index contributed by atoms with van der Waals surface area (Å²) >= 11 is 0. The van der Waals surface area contributed by atoms with E-state index in [1.807, 2.05) is 0 Å². The van der Waals surface area contributed by atoms with Crippen molar-refractivity contribution in [2.75, 3.05) is 0 Å². The van der Waals surface area contributed by atoms with E-state index in [0.717, 1.165) is 0 Å². The van der Waals surface area contributed by atoms with E-state index in [9.17, 15) is 8.78 Å². The molecule has 0 unspecified atom stereocenters. The lowest BCUT2D eigenvalue weighted by atomic mass is 10.2. The minimum atomic E-state index is -2.14. The summed E-state index contributed by atoms with van der Waals surface area (Å²) in [7, 11) is 0. The Labute approximate surface area is 60.9 Å². The zero-order chi connectivity index (χ0) is 8.43. The third kappa shape index (κ3) is 1.50. The Morgan fingerprint density at radius 1 is 1.18 bits per heavy atom. The van der Waals surface area contributed by atoms with Crippen molar-refractivity contribution in [1.29, 1.82) is 0 Å². The van der Waals surface area contributed by atoms with Crippen LogP contribution in [0.4, 0.5) is 8.78 Å². The van der Waals surface area contributed by atoms with Crippen LogP contribution in [0.15, 0.2) is 12.4 Å². The summed E-state index contributed by atoms with van der Waals surface area (Å²) < 4.78 is 25.0. The van der Waals surface area contributed by atoms with E-state index in [1.54, 1.807) is 0 Å². The largest absolute Gasteiger partial charge is 0.364 e. The van der Waals surface area contributed by atoms with Gasteiger partial charge in [0.05, 0.1) is 18.0 Å². The lowest BCUT2D eigenvalue weighted by Gasteiger charge is -2.04. The molecular weight excluding hydrogens is 156 g/mol. The molecule has 0 spiro atoms. The molecule has 0 amide bonds. The molecule has 0 aliphatic heterocycles. The molecule has 0 bridgehead atoms. The van der Waals surface area contributed by atoms with Gasteiger partial charge in [-0.15, -0.1) is 0 Å². The van der Waals surface area contributed by atoms with Gasteiger partial charge in [0.15, 0.2) is 17.9 Å². The molecule has 3 nitrogen and oxygen atoms in total. The van der Waals surface area contributed by atoms with Gasteiger partial charge in [-0.05, 0) is 0 Å². The SMILES string of the molecule is OC(O)c1c(F)cncc1F. The standard InChI is InChI=1S/C6H5F2NO2/c7-3-1-9-2-4(8)5(3)6(10)11/h1-2,6,10-11H. The first-order valence-corrected chi connectivity index (χ1v) is 2.78. The molecule has 0 fully saturated rings. The molecule has 0 aliphatic carbocycles. The molecule has 0 aromatic carbocycles. The van der Waals surface area contributed by atoms with Crippen molar-refractivity contribution in [2.45, 2.75) is 6.29 Å². The van der Waals surface area contributed by atoms with Crippen molar-refractivity contribution < 1.29 is 19.0 Å². The maximum Gasteiger partial charge on any atom is 0.184 e. The monoisotopic (exact) mass is 161 g/mol. The van der Waals surface area contributed by atoms with E-state index in [-0.39, 0.29) is 0 Å². The maximum absolute atomic E-state index is 12.5. The van der Waals surface area contributed by atoms with Crippen LogP contribution >= 0.6 is 0 Å². The zero-order valence-corrected chi connectivity index (χ0v) is 5.33. The summed E-state index contributed by atoms with van der Waals surface area (Å²) in [5.41, 5.74) is -0.778. The number of nitrogens with zero attached hydrogens (tertiary/aromatic N) is 1. The number of hydrogen-bond acceptors (Lipinski definition) is 3. The molecule has 60 valence electrons. The van der Waals surface area contributed by atoms with Gasteiger partial charge >= 0.3 is 0 Å². The van der Waals surface area contributed by atoms with E-state index in [0.29, 0.717) is 12.4 Å². The van der Waals surface area contributed by atoms with E-state index in [2.05, 4.69) is 4.98 Å². The Balaban J connectivity index is 3.21. The van der Waals surface area contributed by atoms with Crippen molar-refractivity contribution in [1.82, 2.24) is 4.98 Å². The van der Waals surface area contributed by atoms with Crippen molar-refractivity contribution in [3.63, 3.8) is 0 Å². The minimum Gasteiger partial charge on any atom is -0.364 e. The van der Waals surface area contributed by atoms with Crippen LogP contribution in [-0.4, -0.2) is 15.2 Å². The van der Waals surface area contributed by atoms with Crippen molar-refractivity contribution in [3.05, 3.63) is 29.6 Å². The van der Waals surface area contributed by atoms with Gasteiger partial charge in [-0.25, -0.2) is 8.78 Å². The van der Waals surface area contributed by atoms with E-state index >= 15 is 0 Å². The van der Waals surface area contributed by atoms with Gasteiger partial charge in [0.25, 0.3) is 0 Å². The van der Waals surface area contributed by atoms with E-state index in [4.69, 9.17) is 10.2 Å². The smallest absolute Gasteiger partial charge is 0.184 e. The van der Waals surface area contributed by atoms with Gasteiger partial charge in [0, 0.05) is 0 Å². The number of aliphatic hydroxyl groups excluding tert-OH is 1. The van der Waals surface area contributed by atoms with Gasteiger partial charge in [-0.2, -0.15) is 0 Å². The maximum atomic E-state index is 12.5. The van der Waals surface area contributed by atoms with Gasteiger partial charge in [-0.1, -0.05) is 0 Å². The normalized spacial score (nSPS) is 10.6. The summed E-state index contributed by atoms with van der Waals surface area (Å²) in [6.07, 6.45) is -0.728. The predicted molar refractivity (Wildman–Crippen MR) is 31.3 cm³/mol. The summed E-state index contributed by atoms with van der Waals surface area (Å²) in [5, 5.41) is 16.9. The van der Waals surface area contributed by atoms with Crippen molar-refractivity contribution in [3.8, 4) is 0 Å². The summed E-state index contributed by atoms with van der Waals surface area (Å²) in [4.78, 5) is 3.15. The fourth-order valence-electron chi connectivity index (χ4n) is 0.668. The summed E-state index contributed by atoms with van der Waals surface area (Å²) in [6, 6.07) is 0. The highest BCUT2D eigenvalue weighted by molar-refractivity contribution is 5.15. The second-order valence-electron chi connectivity index (χ2n) is 1.89. The zero-order valence-electron chi connectivity index (χ0n) is 5.33. The first-order valence-electron chi connectivity index (χ1n) is 2.78. The van der Waals surface area contributed by atoms with Crippen LogP contribution in [0.5, 0.6) is 0 Å². The Morgan fingerprint density at radius 2 is 1.64 bits per heavy atom. The highest BCUT2D eigenvalue weighted by atomic mass is 19.1. The second kappa shape index (κ2) is 2.89. The number of aliphatic hydroxyl groups is 2. The molecule has 0 saturated carbocycles. The molecule has 1 aromatic rings. The summed E-state index contributed by atoms with van der Waals surface area (Å²) in [5.74, 6) is -2.14. The number of rotatable bonds is 1. The molecule has 1 aromatic heterocycles. The Kier molecular flexibility index (Phi) is 2.11. The van der Waals surface area contributed by atoms with Gasteiger partial charge in [-0.3, -0.25) is 4.98 Å². The predicted octanol–water partition coefficient (Wildman–Crippen LogP) is 0.343. The molecule has 11 heavy (non-hydrogen) atoms. The van der Waals surface area contributed by atoms with Crippen LogP contribution in [0, 0.1) is 11.6 Å². The Morgan fingerprint density at radius 3 is 1.91 bits per heavy atom. The molecular formula is C6H5F2NO2. The van der Waals surface area contributed by atoms with Gasteiger partial charge in [0.1, 0.15) is 0 Å². The van der Waals surface area contributed by atoms with E-state index < -0.39 is 23.5 Å². The Hall–Kier alpha value is -1.07. The first kappa shape index (κ1) is 8.03. The van der Waals surface area contributed by atoms with E-state index in [1.165, 1.54) is 0 Å². The molecule has 0 saturated heterocycles. The van der Waals surface area contributed by atoms with Crippen molar-refractivity contribution >= 4 is 0 Å². The molecule has 0 atom stereocenters. The number of hydrogen-bond donors (Lipinski definition) is 2. The van der Waals surface area contributed by atoms with Crippen molar-refractivity contribution in [2.24, 2.45) is 0 Å². The van der Waals surface area contributed by atoms with Crippen LogP contribution in [0.2, 0.25) is 0 Å². The van der Waals surface area contributed by atoms with Gasteiger partial charge in [0.2, 0.25) is 0 Å². The molecule has 2 N–H and O–H groups in total. The lowest BCUT2D eigenvalue weighted by Crippen LogP contribution is -2.03. The molecule has 1 heterocycles. The average Bonchev–Trinajstić information content (AvgIpc) is 1.85. The highest BCUT2D eigenvalue weighted by Gasteiger charge is 2.14. The van der Waals surface area contributed by atoms with Gasteiger partial charge < -0.3 is 10.2 Å². The lowest BCUT2D eigenvalue weighted by molar-refractivity contribution is -0.0476. The molecule has 1 rings (SSSR count). The summed E-state index contributed by atoms with van der Waals surface area (Å²) in [6.45, 7) is 0. The van der Waals surface area contributed by atoms with Crippen LogP contribution in [0.25, 0.3) is 0 Å². The second-order valence-corrected chi connectivity index (χ2v) is 1.89. The third-order valence-electron chi connectivity index (χ3n) is 1.15. The highest BCUT2D eigenvalue weighted by Crippen LogP contribution is 2.16. The third-order valence-corrected chi connectivity index (χ3v) is 1.15. The topological polar surface area (TPSA) is 53.4 Å². The van der Waals surface area contributed by atoms with Crippen LogP contribution < -0.4 is 0 Å². The van der Waals surface area contributed by atoms with Crippen LogP contribution in [-0.2, 0) is 0 Å². The number of aromatic nitrogens is 1. The number of halogens is 2. The first-order chi connectivity index (χ1) is 5.13. The molecule has 0 aliphatic rings. The van der Waals surface area contributed by atoms with Crippen LogP contribution in [0.3, 0.4) is 0 Å². The molecule has 5 heteroatoms. The molecule has 0 radical (unpaired) electrons. The number of pyridine rings is 1. The fourth-order valence-corrected chi connectivity index (χ4v) is 0.668. The quantitative estimate of drug-likeness (QED) is 0.584. The minimum absolute atomic E-state index is 0.706. The Bertz CT molecular complexity index is 245.